The summed E-state index contributed by atoms with van der Waals surface area (Å²) in [5, 5.41) is 12.4. The summed E-state index contributed by atoms with van der Waals surface area (Å²) in [5.41, 5.74) is 1.83. The molecule has 1 amide bonds. The molecule has 0 bridgehead atoms. The van der Waals surface area contributed by atoms with Crippen LogP contribution >= 0.6 is 0 Å². The second-order valence-corrected chi connectivity index (χ2v) is 8.45. The highest BCUT2D eigenvalue weighted by molar-refractivity contribution is 5.95. The van der Waals surface area contributed by atoms with Crippen LogP contribution in [0.2, 0.25) is 0 Å². The molecule has 0 aliphatic rings. The first kappa shape index (κ1) is 23.9. The predicted molar refractivity (Wildman–Crippen MR) is 140 cm³/mol. The first-order valence-electron chi connectivity index (χ1n) is 11.7. The number of benzene rings is 2. The Morgan fingerprint density at radius 2 is 1.70 bits per heavy atom. The quantitative estimate of drug-likeness (QED) is 0.365. The summed E-state index contributed by atoms with van der Waals surface area (Å²) in [6.45, 7) is 3.40. The minimum Gasteiger partial charge on any atom is -0.497 e. The highest BCUT2D eigenvalue weighted by Gasteiger charge is 2.26. The lowest BCUT2D eigenvalue weighted by molar-refractivity contribution is -0.119. The minimum absolute atomic E-state index is 0.370. The largest absolute Gasteiger partial charge is 0.497 e. The van der Waals surface area contributed by atoms with Gasteiger partial charge in [-0.15, -0.1) is 0 Å². The lowest BCUT2D eigenvalue weighted by Crippen LogP contribution is -2.34. The van der Waals surface area contributed by atoms with Gasteiger partial charge in [-0.25, -0.2) is 9.36 Å². The van der Waals surface area contributed by atoms with Crippen LogP contribution < -0.4 is 20.3 Å². The molecule has 0 fully saturated rings. The number of aromatic nitrogens is 5. The number of hydrogen-bond acceptors (Lipinski definition) is 6. The van der Waals surface area contributed by atoms with E-state index < -0.39 is 17.5 Å². The van der Waals surface area contributed by atoms with Crippen LogP contribution in [0, 0.1) is 6.92 Å². The molecule has 0 aliphatic heterocycles. The normalized spacial score (nSPS) is 11.9. The van der Waals surface area contributed by atoms with Gasteiger partial charge < -0.3 is 19.4 Å². The van der Waals surface area contributed by atoms with Crippen molar-refractivity contribution in [3.8, 4) is 23.0 Å². The number of hydrogen-bond donors (Lipinski definition) is 1. The van der Waals surface area contributed by atoms with Crippen molar-refractivity contribution in [3.05, 3.63) is 89.1 Å². The molecule has 1 N–H and O–H groups in total. The summed E-state index contributed by atoms with van der Waals surface area (Å²) in [5.74, 6) is 1.18. The molecule has 0 spiro atoms. The fourth-order valence-corrected chi connectivity index (χ4v) is 4.20. The first-order chi connectivity index (χ1) is 17.9. The third-order valence-corrected chi connectivity index (χ3v) is 6.15. The molecule has 5 rings (SSSR count). The number of rotatable bonds is 7. The standard InChI is InChI=1S/C27H26N6O4/c1-17-24-23(26(31-14-8-9-15-31)33(30-24)19-10-6-5-7-11-19)27(35)32(29-17)18(2)25(34)28-21-13-12-20(36-3)16-22(21)37-4/h5-16,18H,1-4H3,(H,28,34)/t18-/m0/s1. The van der Waals surface area contributed by atoms with Crippen molar-refractivity contribution in [2.24, 2.45) is 0 Å². The molecule has 10 nitrogen and oxygen atoms in total. The van der Waals surface area contributed by atoms with E-state index in [4.69, 9.17) is 14.6 Å². The smallest absolute Gasteiger partial charge is 0.280 e. The van der Waals surface area contributed by atoms with E-state index in [-0.39, 0.29) is 0 Å². The fraction of sp³-hybridized carbons (Fsp3) is 0.185. The lowest BCUT2D eigenvalue weighted by Gasteiger charge is -2.17. The second kappa shape index (κ2) is 9.65. The molecule has 3 heterocycles. The minimum atomic E-state index is -0.917. The summed E-state index contributed by atoms with van der Waals surface area (Å²) in [6.07, 6.45) is 3.70. The van der Waals surface area contributed by atoms with Crippen molar-refractivity contribution in [2.75, 3.05) is 19.5 Å². The second-order valence-electron chi connectivity index (χ2n) is 8.45. The number of carbonyl (C=O) groups excluding carboxylic acids is 1. The van der Waals surface area contributed by atoms with E-state index in [0.717, 1.165) is 5.69 Å². The molecule has 3 aromatic heterocycles. The Kier molecular flexibility index (Phi) is 6.22. The van der Waals surface area contributed by atoms with Crippen molar-refractivity contribution in [2.45, 2.75) is 19.9 Å². The summed E-state index contributed by atoms with van der Waals surface area (Å²) >= 11 is 0. The monoisotopic (exact) mass is 498 g/mol. The summed E-state index contributed by atoms with van der Waals surface area (Å²) in [6, 6.07) is 17.5. The number of ether oxygens (including phenoxy) is 2. The van der Waals surface area contributed by atoms with Gasteiger partial charge in [0.25, 0.3) is 5.56 Å². The topological polar surface area (TPSA) is 105 Å². The molecule has 5 aromatic rings. The third-order valence-electron chi connectivity index (χ3n) is 6.15. The maximum absolute atomic E-state index is 13.9. The molecule has 0 unspecified atom stereocenters. The average molecular weight is 499 g/mol. The van der Waals surface area contributed by atoms with Crippen molar-refractivity contribution in [3.63, 3.8) is 0 Å². The Bertz CT molecular complexity index is 1640. The van der Waals surface area contributed by atoms with Gasteiger partial charge in [0.15, 0.2) is 5.82 Å². The van der Waals surface area contributed by atoms with E-state index in [1.807, 2.05) is 59.4 Å². The van der Waals surface area contributed by atoms with E-state index in [9.17, 15) is 9.59 Å². The molecular formula is C27H26N6O4. The molecule has 188 valence electrons. The maximum Gasteiger partial charge on any atom is 0.280 e. The molecule has 0 aliphatic carbocycles. The van der Waals surface area contributed by atoms with E-state index >= 15 is 0 Å². The Morgan fingerprint density at radius 1 is 0.973 bits per heavy atom. The van der Waals surface area contributed by atoms with Gasteiger partial charge >= 0.3 is 0 Å². The maximum atomic E-state index is 13.9. The van der Waals surface area contributed by atoms with Gasteiger partial charge in [0.05, 0.1) is 31.3 Å². The Labute approximate surface area is 212 Å². The van der Waals surface area contributed by atoms with Gasteiger partial charge in [-0.3, -0.25) is 9.59 Å². The van der Waals surface area contributed by atoms with Gasteiger partial charge in [0.1, 0.15) is 28.4 Å². The van der Waals surface area contributed by atoms with Crippen molar-refractivity contribution in [1.29, 1.82) is 0 Å². The van der Waals surface area contributed by atoms with E-state index in [1.54, 1.807) is 43.8 Å². The molecule has 0 saturated carbocycles. The van der Waals surface area contributed by atoms with Crippen LogP contribution in [-0.4, -0.2) is 44.3 Å². The van der Waals surface area contributed by atoms with Crippen molar-refractivity contribution in [1.82, 2.24) is 24.1 Å². The molecule has 0 saturated heterocycles. The average Bonchev–Trinajstić information content (AvgIpc) is 3.59. The Morgan fingerprint density at radius 3 is 2.38 bits per heavy atom. The number of carbonyl (C=O) groups is 1. The van der Waals surface area contributed by atoms with Crippen LogP contribution in [0.25, 0.3) is 22.4 Å². The van der Waals surface area contributed by atoms with E-state index in [0.29, 0.717) is 39.6 Å². The number of methoxy groups -OCH3 is 2. The zero-order valence-electron chi connectivity index (χ0n) is 20.9. The highest BCUT2D eigenvalue weighted by atomic mass is 16.5. The van der Waals surface area contributed by atoms with Crippen molar-refractivity contribution >= 4 is 22.5 Å². The molecule has 0 radical (unpaired) electrons. The lowest BCUT2D eigenvalue weighted by atomic mass is 10.2. The summed E-state index contributed by atoms with van der Waals surface area (Å²) in [7, 11) is 3.05. The molecule has 2 aromatic carbocycles. The number of fused-ring (bicyclic) bond motifs is 1. The summed E-state index contributed by atoms with van der Waals surface area (Å²) < 4.78 is 15.4. The van der Waals surface area contributed by atoms with Crippen LogP contribution in [-0.2, 0) is 4.79 Å². The zero-order chi connectivity index (χ0) is 26.1. The fourth-order valence-electron chi connectivity index (χ4n) is 4.20. The molecule has 37 heavy (non-hydrogen) atoms. The molecular weight excluding hydrogens is 472 g/mol. The van der Waals surface area contributed by atoms with Gasteiger partial charge in [0, 0.05) is 18.5 Å². The predicted octanol–water partition coefficient (Wildman–Crippen LogP) is 3.90. The zero-order valence-corrected chi connectivity index (χ0v) is 20.9. The number of nitrogens with zero attached hydrogens (tertiary/aromatic N) is 5. The number of anilines is 1. The third kappa shape index (κ3) is 4.22. The van der Waals surface area contributed by atoms with Crippen LogP contribution in [0.1, 0.15) is 18.7 Å². The number of para-hydroxylation sites is 1. The van der Waals surface area contributed by atoms with Gasteiger partial charge in [-0.1, -0.05) is 18.2 Å². The van der Waals surface area contributed by atoms with Gasteiger partial charge in [-0.2, -0.15) is 10.2 Å². The Balaban J connectivity index is 1.62. The first-order valence-corrected chi connectivity index (χ1v) is 11.7. The number of aryl methyl sites for hydroxylation is 1. The Hall–Kier alpha value is -4.86. The van der Waals surface area contributed by atoms with Gasteiger partial charge in [-0.05, 0) is 50.2 Å². The SMILES string of the molecule is COc1ccc(NC(=O)[C@H](C)n2nc(C)c3nn(-c4ccccc4)c(-n4cccc4)c3c2=O)c(OC)c1. The van der Waals surface area contributed by atoms with Gasteiger partial charge in [0.2, 0.25) is 5.91 Å². The van der Waals surface area contributed by atoms with Crippen molar-refractivity contribution < 1.29 is 14.3 Å². The van der Waals surface area contributed by atoms with Crippen LogP contribution in [0.5, 0.6) is 11.5 Å². The van der Waals surface area contributed by atoms with E-state index in [2.05, 4.69) is 10.4 Å². The number of amides is 1. The van der Waals surface area contributed by atoms with Crippen LogP contribution in [0.4, 0.5) is 5.69 Å². The summed E-state index contributed by atoms with van der Waals surface area (Å²) in [4.78, 5) is 27.1. The molecule has 10 heteroatoms. The highest BCUT2D eigenvalue weighted by Crippen LogP contribution is 2.30. The molecule has 1 atom stereocenters. The van der Waals surface area contributed by atoms with E-state index in [1.165, 1.54) is 11.8 Å². The van der Waals surface area contributed by atoms with Crippen LogP contribution in [0.15, 0.2) is 77.9 Å². The number of nitrogens with one attached hydrogen (secondary N) is 1. The van der Waals surface area contributed by atoms with Crippen LogP contribution in [0.3, 0.4) is 0 Å².